The first kappa shape index (κ1) is 78.5. The molecule has 82 heavy (non-hydrogen) atoms. The molecule has 0 fully saturated rings. The molecule has 9 nitrogen and oxygen atoms in total. The van der Waals surface area contributed by atoms with E-state index in [0.29, 0.717) is 23.9 Å². The highest BCUT2D eigenvalue weighted by Gasteiger charge is 2.22. The second-order valence-corrected chi connectivity index (χ2v) is 24.1. The van der Waals surface area contributed by atoms with Gasteiger partial charge in [0.05, 0.1) is 40.3 Å². The van der Waals surface area contributed by atoms with Crippen LogP contribution in [-0.2, 0) is 33.3 Å². The number of rotatable bonds is 63. The van der Waals surface area contributed by atoms with Gasteiger partial charge in [-0.2, -0.15) is 0 Å². The number of allylic oxidation sites excluding steroid dienone is 14. The normalized spacial score (nSPS) is 13.2. The second-order valence-electron chi connectivity index (χ2n) is 24.1. The minimum atomic E-state index is -1.64. The van der Waals surface area contributed by atoms with Gasteiger partial charge in [0, 0.05) is 12.8 Å². The number of carbonyl (C=O) groups is 3. The fraction of sp³-hybridized carbons (Fsp3) is 0.767. The summed E-state index contributed by atoms with van der Waals surface area (Å²) in [6.07, 6.45) is 82.6. The van der Waals surface area contributed by atoms with Gasteiger partial charge in [-0.15, -0.1) is 0 Å². The molecule has 0 aromatic rings. The topological polar surface area (TPSA) is 111 Å². The third kappa shape index (κ3) is 64.0. The van der Waals surface area contributed by atoms with E-state index in [1.807, 2.05) is 21.1 Å². The number of hydrogen-bond acceptors (Lipinski definition) is 8. The molecular formula is C73H129NO8. The van der Waals surface area contributed by atoms with Crippen LogP contribution in [0.15, 0.2) is 85.1 Å². The molecule has 0 heterocycles. The highest BCUT2D eigenvalue weighted by atomic mass is 16.7. The summed E-state index contributed by atoms with van der Waals surface area (Å²) in [6.45, 7) is 4.60. The number of hydrogen-bond donors (Lipinski definition) is 0. The molecule has 474 valence electrons. The molecule has 0 N–H and O–H groups in total. The Morgan fingerprint density at radius 1 is 0.378 bits per heavy atom. The standard InChI is InChI=1S/C73H129NO8/c1-6-8-10-12-14-16-18-20-22-24-26-28-30-31-32-33-34-35-36-37-38-39-40-42-43-45-47-49-51-53-55-57-59-61-63-70(75)80-67-69(68-81-73(72(77)78)79-66-65-74(3,4)5)82-71(76)64-62-60-58-56-54-52-50-48-46-44-41-29-27-25-23-21-19-17-15-13-11-9-7-2/h9,11,15,17,21,23,27,29,44,46,50,52,56,58,69,73H,6-8,10,12-14,16,18-20,22,24-26,28,30-43,45,47-49,51,53-55,57,59-68H2,1-5H3/b11-9-,17-15-,23-21-,29-27-,46-44-,52-50-,58-56-. The van der Waals surface area contributed by atoms with E-state index in [9.17, 15) is 19.5 Å². The van der Waals surface area contributed by atoms with Crippen LogP contribution in [0.1, 0.15) is 303 Å². The van der Waals surface area contributed by atoms with Crippen LogP contribution in [0.3, 0.4) is 0 Å². The van der Waals surface area contributed by atoms with Crippen molar-refractivity contribution < 1.29 is 42.9 Å². The summed E-state index contributed by atoms with van der Waals surface area (Å²) in [7, 11) is 5.91. The van der Waals surface area contributed by atoms with E-state index in [0.717, 1.165) is 64.2 Å². The van der Waals surface area contributed by atoms with Crippen molar-refractivity contribution in [1.29, 1.82) is 0 Å². The van der Waals surface area contributed by atoms with Gasteiger partial charge in [0.15, 0.2) is 12.4 Å². The van der Waals surface area contributed by atoms with Crippen molar-refractivity contribution in [3.63, 3.8) is 0 Å². The van der Waals surface area contributed by atoms with Crippen LogP contribution in [0.25, 0.3) is 0 Å². The largest absolute Gasteiger partial charge is 0.545 e. The predicted molar refractivity (Wildman–Crippen MR) is 348 cm³/mol. The molecule has 0 radical (unpaired) electrons. The van der Waals surface area contributed by atoms with Gasteiger partial charge < -0.3 is 33.3 Å². The van der Waals surface area contributed by atoms with Crippen LogP contribution in [0.2, 0.25) is 0 Å². The lowest BCUT2D eigenvalue weighted by atomic mass is 10.0. The maximum atomic E-state index is 12.9. The minimum absolute atomic E-state index is 0.134. The molecule has 0 aliphatic rings. The minimum Gasteiger partial charge on any atom is -0.545 e. The number of carbonyl (C=O) groups excluding carboxylic acids is 3. The Morgan fingerprint density at radius 2 is 0.695 bits per heavy atom. The van der Waals surface area contributed by atoms with Gasteiger partial charge in [-0.3, -0.25) is 9.59 Å². The molecular weight excluding hydrogens is 1020 g/mol. The van der Waals surface area contributed by atoms with E-state index in [1.165, 1.54) is 199 Å². The molecule has 0 bridgehead atoms. The van der Waals surface area contributed by atoms with Crippen LogP contribution < -0.4 is 5.11 Å². The molecule has 0 amide bonds. The van der Waals surface area contributed by atoms with Crippen molar-refractivity contribution in [2.75, 3.05) is 47.5 Å². The average Bonchev–Trinajstić information content (AvgIpc) is 3.45. The first-order chi connectivity index (χ1) is 40.1. The molecule has 0 saturated carbocycles. The first-order valence-electron chi connectivity index (χ1n) is 34.2. The summed E-state index contributed by atoms with van der Waals surface area (Å²) in [5.41, 5.74) is 0. The molecule has 0 aromatic heterocycles. The van der Waals surface area contributed by atoms with Gasteiger partial charge in [0.1, 0.15) is 13.2 Å². The number of nitrogens with zero attached hydrogens (tertiary/aromatic N) is 1. The summed E-state index contributed by atoms with van der Waals surface area (Å²) >= 11 is 0. The SMILES string of the molecule is CC/C=C\C/C=C\C/C=C\C/C=C\C/C=C\C/C=C\C/C=C\CCCC(=O)OC(COC(=O)CCCCCCCCCCCCCCCCCCCCCCCCCCCCCCCCCCCC)COC(OCC[N+](C)(C)C)C(=O)[O-]. The average molecular weight is 1150 g/mol. The Hall–Kier alpha value is -3.53. The van der Waals surface area contributed by atoms with Crippen molar-refractivity contribution in [1.82, 2.24) is 0 Å². The van der Waals surface area contributed by atoms with Crippen molar-refractivity contribution >= 4 is 17.9 Å². The highest BCUT2D eigenvalue weighted by molar-refractivity contribution is 5.70. The Bertz CT molecular complexity index is 1620. The monoisotopic (exact) mass is 1150 g/mol. The van der Waals surface area contributed by atoms with Crippen molar-refractivity contribution in [2.45, 2.75) is 315 Å². The Labute approximate surface area is 506 Å². The number of ether oxygens (including phenoxy) is 4. The summed E-state index contributed by atoms with van der Waals surface area (Å²) in [6, 6.07) is 0. The first-order valence-corrected chi connectivity index (χ1v) is 34.2. The number of esters is 2. The lowest BCUT2D eigenvalue weighted by molar-refractivity contribution is -0.870. The van der Waals surface area contributed by atoms with Gasteiger partial charge in [-0.1, -0.05) is 311 Å². The van der Waals surface area contributed by atoms with E-state index < -0.39 is 24.3 Å². The molecule has 0 rings (SSSR count). The summed E-state index contributed by atoms with van der Waals surface area (Å²) in [5.74, 6) is -2.36. The quantitative estimate of drug-likeness (QED) is 0.0195. The predicted octanol–water partition coefficient (Wildman–Crippen LogP) is 19.7. The fourth-order valence-corrected chi connectivity index (χ4v) is 9.71. The molecule has 0 aliphatic heterocycles. The maximum Gasteiger partial charge on any atom is 0.306 e. The number of aliphatic carboxylic acids is 1. The molecule has 2 atom stereocenters. The molecule has 0 saturated heterocycles. The molecule has 9 heteroatoms. The van der Waals surface area contributed by atoms with E-state index in [-0.39, 0.29) is 38.6 Å². The number of carboxylic acids is 1. The smallest absolute Gasteiger partial charge is 0.306 e. The Morgan fingerprint density at radius 3 is 1.02 bits per heavy atom. The van der Waals surface area contributed by atoms with Gasteiger partial charge >= 0.3 is 11.9 Å². The lowest BCUT2D eigenvalue weighted by Crippen LogP contribution is -2.44. The third-order valence-electron chi connectivity index (χ3n) is 14.9. The number of quaternary nitrogens is 1. The van der Waals surface area contributed by atoms with E-state index in [2.05, 4.69) is 98.9 Å². The Kier molecular flexibility index (Phi) is 60.8. The van der Waals surface area contributed by atoms with Crippen molar-refractivity contribution in [3.05, 3.63) is 85.1 Å². The molecule has 0 aliphatic carbocycles. The molecule has 0 aromatic carbocycles. The second kappa shape index (κ2) is 63.5. The highest BCUT2D eigenvalue weighted by Crippen LogP contribution is 2.18. The van der Waals surface area contributed by atoms with Crippen LogP contribution >= 0.6 is 0 Å². The van der Waals surface area contributed by atoms with Crippen molar-refractivity contribution in [2.24, 2.45) is 0 Å². The molecule has 0 spiro atoms. The van der Waals surface area contributed by atoms with Crippen LogP contribution in [-0.4, -0.2) is 82.3 Å². The van der Waals surface area contributed by atoms with E-state index in [1.54, 1.807) is 0 Å². The Balaban J connectivity index is 4.13. The van der Waals surface area contributed by atoms with Crippen LogP contribution in [0.5, 0.6) is 0 Å². The van der Waals surface area contributed by atoms with Gasteiger partial charge in [0.25, 0.3) is 0 Å². The zero-order valence-corrected chi connectivity index (χ0v) is 54.1. The zero-order chi connectivity index (χ0) is 59.8. The third-order valence-corrected chi connectivity index (χ3v) is 14.9. The van der Waals surface area contributed by atoms with Gasteiger partial charge in [0.2, 0.25) is 0 Å². The zero-order valence-electron chi connectivity index (χ0n) is 54.1. The van der Waals surface area contributed by atoms with Crippen LogP contribution in [0.4, 0.5) is 0 Å². The number of carboxylic acid groups (broad SMARTS) is 1. The number of unbranched alkanes of at least 4 members (excludes halogenated alkanes) is 34. The van der Waals surface area contributed by atoms with Gasteiger partial charge in [-0.25, -0.2) is 0 Å². The number of likely N-dealkylation sites (N-methyl/N-ethyl adjacent to an activating group) is 1. The van der Waals surface area contributed by atoms with E-state index in [4.69, 9.17) is 18.9 Å². The maximum absolute atomic E-state index is 12.9. The van der Waals surface area contributed by atoms with E-state index >= 15 is 0 Å². The fourth-order valence-electron chi connectivity index (χ4n) is 9.71. The van der Waals surface area contributed by atoms with Gasteiger partial charge in [-0.05, 0) is 64.2 Å². The van der Waals surface area contributed by atoms with Crippen LogP contribution in [0, 0.1) is 0 Å². The lowest BCUT2D eigenvalue weighted by Gasteiger charge is -2.26. The summed E-state index contributed by atoms with van der Waals surface area (Å²) in [5, 5.41) is 11.8. The summed E-state index contributed by atoms with van der Waals surface area (Å²) in [4.78, 5) is 37.4. The van der Waals surface area contributed by atoms with Crippen molar-refractivity contribution in [3.8, 4) is 0 Å². The summed E-state index contributed by atoms with van der Waals surface area (Å²) < 4.78 is 22.7. The molecule has 2 unspecified atom stereocenters.